The van der Waals surface area contributed by atoms with E-state index in [0.717, 1.165) is 16.0 Å². The molecule has 1 heterocycles. The number of urea groups is 1. The number of amides is 2. The Morgan fingerprint density at radius 2 is 1.71 bits per heavy atom. The summed E-state index contributed by atoms with van der Waals surface area (Å²) in [6.07, 6.45) is -1.89. The van der Waals surface area contributed by atoms with E-state index in [1.54, 1.807) is 30.5 Å². The smallest absolute Gasteiger partial charge is 0.397 e. The van der Waals surface area contributed by atoms with E-state index in [0.29, 0.717) is 28.6 Å². The summed E-state index contributed by atoms with van der Waals surface area (Å²) >= 11 is 12.1. The molecule has 2 amide bonds. The fraction of sp³-hybridized carbons (Fsp3) is 0.0741. The summed E-state index contributed by atoms with van der Waals surface area (Å²) in [6.45, 7) is 0. The first kappa shape index (κ1) is 29.6. The Morgan fingerprint density at radius 3 is 2.39 bits per heavy atom. The Morgan fingerprint density at radius 1 is 1.02 bits per heavy atom. The Labute approximate surface area is 240 Å². The molecule has 41 heavy (non-hydrogen) atoms. The van der Waals surface area contributed by atoms with Crippen LogP contribution in [-0.2, 0) is 11.0 Å². The Kier molecular flexibility index (Phi) is 8.38. The Bertz CT molecular complexity index is 1690. The number of aldehydes is 1. The minimum atomic E-state index is -5.08. The van der Waals surface area contributed by atoms with Gasteiger partial charge in [0.25, 0.3) is 0 Å². The molecule has 1 aromatic heterocycles. The van der Waals surface area contributed by atoms with Crippen LogP contribution in [0, 0.1) is 5.82 Å². The van der Waals surface area contributed by atoms with Crippen LogP contribution in [0.3, 0.4) is 0 Å². The number of rotatable bonds is 6. The second-order valence-electron chi connectivity index (χ2n) is 8.63. The maximum absolute atomic E-state index is 14.1. The van der Waals surface area contributed by atoms with E-state index in [4.69, 9.17) is 34.8 Å². The summed E-state index contributed by atoms with van der Waals surface area (Å²) in [5.74, 6) is 4.63. The molecule has 0 bridgehead atoms. The number of pyridine rings is 1. The van der Waals surface area contributed by atoms with Crippen molar-refractivity contribution >= 4 is 69.1 Å². The number of benzene rings is 3. The lowest BCUT2D eigenvalue weighted by Gasteiger charge is -2.26. The normalized spacial score (nSPS) is 12.1. The van der Waals surface area contributed by atoms with Crippen LogP contribution >= 0.6 is 23.2 Å². The predicted molar refractivity (Wildman–Crippen MR) is 151 cm³/mol. The van der Waals surface area contributed by atoms with Gasteiger partial charge in [0.2, 0.25) is 0 Å². The zero-order valence-corrected chi connectivity index (χ0v) is 22.5. The van der Waals surface area contributed by atoms with Gasteiger partial charge in [0, 0.05) is 29.6 Å². The average molecular weight is 607 g/mol. The highest BCUT2D eigenvalue weighted by Crippen LogP contribution is 2.36. The summed E-state index contributed by atoms with van der Waals surface area (Å²) in [4.78, 5) is 31.1. The van der Waals surface area contributed by atoms with Crippen molar-refractivity contribution in [1.29, 1.82) is 0 Å². The SMILES string of the molecule is CN(C(=O)N/C(=C(\C=O)N(N)c1cc(Cl)c(Cl)cc1N)c1ccc(F)c(C(F)(F)F)c1)c1cncc2ccccc12. The number of anilines is 3. The van der Waals surface area contributed by atoms with Crippen LogP contribution in [-0.4, -0.2) is 24.3 Å². The molecule has 0 radical (unpaired) electrons. The monoisotopic (exact) mass is 606 g/mol. The quantitative estimate of drug-likeness (QED) is 0.0586. The number of hydrogen-bond acceptors (Lipinski definition) is 6. The number of halogens is 6. The molecule has 212 valence electrons. The van der Waals surface area contributed by atoms with Crippen LogP contribution in [0.15, 0.2) is 72.7 Å². The van der Waals surface area contributed by atoms with Crippen molar-refractivity contribution in [2.75, 3.05) is 22.7 Å². The lowest BCUT2D eigenvalue weighted by Crippen LogP contribution is -2.40. The van der Waals surface area contributed by atoms with E-state index >= 15 is 0 Å². The molecule has 5 N–H and O–H groups in total. The van der Waals surface area contributed by atoms with Gasteiger partial charge in [-0.05, 0) is 30.3 Å². The average Bonchev–Trinajstić information content (AvgIpc) is 2.93. The number of alkyl halides is 3. The molecule has 0 aliphatic rings. The second-order valence-corrected chi connectivity index (χ2v) is 9.45. The zero-order valence-electron chi connectivity index (χ0n) is 21.0. The molecule has 4 aromatic rings. The number of allylic oxidation sites excluding steroid dienone is 1. The van der Waals surface area contributed by atoms with E-state index in [1.165, 1.54) is 25.4 Å². The van der Waals surface area contributed by atoms with Gasteiger partial charge in [-0.15, -0.1) is 0 Å². The van der Waals surface area contributed by atoms with Gasteiger partial charge in [-0.1, -0.05) is 47.5 Å². The van der Waals surface area contributed by atoms with Gasteiger partial charge in [0.1, 0.15) is 11.5 Å². The van der Waals surface area contributed by atoms with Crippen molar-refractivity contribution in [3.63, 3.8) is 0 Å². The lowest BCUT2D eigenvalue weighted by molar-refractivity contribution is -0.140. The molecule has 0 aliphatic heterocycles. The van der Waals surface area contributed by atoms with Gasteiger partial charge in [0.15, 0.2) is 6.29 Å². The molecule has 4 rings (SSSR count). The number of carbonyl (C=O) groups is 2. The highest BCUT2D eigenvalue weighted by atomic mass is 35.5. The first-order chi connectivity index (χ1) is 19.3. The molecule has 0 atom stereocenters. The molecule has 0 fully saturated rings. The van der Waals surface area contributed by atoms with Crippen LogP contribution in [0.4, 0.5) is 39.4 Å². The highest BCUT2D eigenvalue weighted by Gasteiger charge is 2.35. The third-order valence-electron chi connectivity index (χ3n) is 6.06. The number of hydrazine groups is 1. The number of nitrogens with two attached hydrogens (primary N) is 2. The third kappa shape index (κ3) is 6.04. The summed E-state index contributed by atoms with van der Waals surface area (Å²) in [5, 5.41) is 4.59. The van der Waals surface area contributed by atoms with Crippen LogP contribution in [0.25, 0.3) is 16.5 Å². The van der Waals surface area contributed by atoms with Crippen molar-refractivity contribution in [1.82, 2.24) is 10.3 Å². The van der Waals surface area contributed by atoms with E-state index in [2.05, 4.69) is 10.3 Å². The number of nitrogen functional groups attached to an aromatic ring is 1. The predicted octanol–water partition coefficient (Wildman–Crippen LogP) is 6.38. The molecular formula is C27H20Cl2F4N6O2. The van der Waals surface area contributed by atoms with Crippen molar-refractivity contribution in [3.05, 3.63) is 99.7 Å². The Hall–Kier alpha value is -4.39. The fourth-order valence-electron chi connectivity index (χ4n) is 3.98. The number of hydrogen-bond donors (Lipinski definition) is 3. The standard InChI is InChI=1S/C27H20Cl2F4N6O2/c1-38(23-12-36-11-15-4-2-3-5-16(15)23)26(41)37-25(14-6-7-20(30)17(8-14)27(31,32)33)24(13-40)39(35)22-10-19(29)18(28)9-21(22)34/h2-13H,34-35H2,1H3,(H,37,41)/b25-24+. The molecule has 14 heteroatoms. The van der Waals surface area contributed by atoms with Gasteiger partial charge < -0.3 is 11.1 Å². The van der Waals surface area contributed by atoms with Gasteiger partial charge >= 0.3 is 12.2 Å². The second kappa shape index (κ2) is 11.6. The molecule has 0 aliphatic carbocycles. The van der Waals surface area contributed by atoms with Gasteiger partial charge in [-0.25, -0.2) is 15.0 Å². The largest absolute Gasteiger partial charge is 0.419 e. The summed E-state index contributed by atoms with van der Waals surface area (Å²) in [6, 6.07) is 10.6. The minimum Gasteiger partial charge on any atom is -0.397 e. The van der Waals surface area contributed by atoms with E-state index in [-0.39, 0.29) is 33.3 Å². The van der Waals surface area contributed by atoms with Crippen molar-refractivity contribution in [2.24, 2.45) is 5.84 Å². The molecule has 0 spiro atoms. The minimum absolute atomic E-state index is 0.00600. The lowest BCUT2D eigenvalue weighted by atomic mass is 10.0. The van der Waals surface area contributed by atoms with Crippen molar-refractivity contribution < 1.29 is 27.2 Å². The summed E-state index contributed by atoms with van der Waals surface area (Å²) in [5.41, 5.74) is 3.22. The third-order valence-corrected chi connectivity index (χ3v) is 6.78. The highest BCUT2D eigenvalue weighted by molar-refractivity contribution is 6.42. The molecule has 0 saturated carbocycles. The molecule has 0 saturated heterocycles. The van der Waals surface area contributed by atoms with E-state index in [1.807, 2.05) is 0 Å². The summed E-state index contributed by atoms with van der Waals surface area (Å²) < 4.78 is 54.9. The fourth-order valence-corrected chi connectivity index (χ4v) is 4.31. The van der Waals surface area contributed by atoms with E-state index < -0.39 is 35.0 Å². The van der Waals surface area contributed by atoms with Gasteiger partial charge in [0.05, 0.1) is 44.6 Å². The van der Waals surface area contributed by atoms with Gasteiger partial charge in [-0.2, -0.15) is 13.2 Å². The van der Waals surface area contributed by atoms with Crippen LogP contribution in [0.5, 0.6) is 0 Å². The molecule has 3 aromatic carbocycles. The van der Waals surface area contributed by atoms with Crippen molar-refractivity contribution in [3.8, 4) is 0 Å². The maximum atomic E-state index is 14.1. The first-order valence-corrected chi connectivity index (χ1v) is 12.3. The first-order valence-electron chi connectivity index (χ1n) is 11.6. The van der Waals surface area contributed by atoms with Crippen molar-refractivity contribution in [2.45, 2.75) is 6.18 Å². The topological polar surface area (TPSA) is 118 Å². The van der Waals surface area contributed by atoms with Crippen LogP contribution < -0.4 is 26.8 Å². The Balaban J connectivity index is 1.88. The zero-order chi connectivity index (χ0) is 30.1. The molecule has 8 nitrogen and oxygen atoms in total. The number of fused-ring (bicyclic) bond motifs is 1. The molecule has 0 unspecified atom stereocenters. The maximum Gasteiger partial charge on any atom is 0.419 e. The number of carbonyl (C=O) groups excluding carboxylic acids is 2. The van der Waals surface area contributed by atoms with Crippen LogP contribution in [0.1, 0.15) is 11.1 Å². The number of nitrogens with one attached hydrogen (secondary N) is 1. The van der Waals surface area contributed by atoms with Gasteiger partial charge in [-0.3, -0.25) is 19.7 Å². The molecular weight excluding hydrogens is 587 g/mol. The van der Waals surface area contributed by atoms with E-state index in [9.17, 15) is 27.2 Å². The summed E-state index contributed by atoms with van der Waals surface area (Å²) in [7, 11) is 1.39. The number of aromatic nitrogens is 1. The van der Waals surface area contributed by atoms with Crippen LogP contribution in [0.2, 0.25) is 10.0 Å². The number of nitrogens with zero attached hydrogens (tertiary/aromatic N) is 3.